The van der Waals surface area contributed by atoms with Crippen LogP contribution in [0.25, 0.3) is 11.1 Å². The smallest absolute Gasteiger partial charge is 0.0184 e. The van der Waals surface area contributed by atoms with Gasteiger partial charge in [0.2, 0.25) is 0 Å². The minimum Gasteiger partial charge on any atom is -0.0622 e. The number of benzene rings is 2. The molecule has 0 radical (unpaired) electrons. The third kappa shape index (κ3) is 4.03. The maximum absolute atomic E-state index is 3.74. The molecule has 91 valence electrons. The molecule has 0 heterocycles. The van der Waals surface area contributed by atoms with Gasteiger partial charge in [-0.2, -0.15) is 0 Å². The van der Waals surface area contributed by atoms with E-state index in [9.17, 15) is 0 Å². The van der Waals surface area contributed by atoms with Gasteiger partial charge in [0.1, 0.15) is 0 Å². The van der Waals surface area contributed by atoms with E-state index in [1.54, 1.807) is 0 Å². The number of hydrogen-bond donors (Lipinski definition) is 0. The molecule has 0 aromatic heterocycles. The first kappa shape index (κ1) is 12.9. The van der Waals surface area contributed by atoms with Crippen LogP contribution in [0.2, 0.25) is 0 Å². The van der Waals surface area contributed by atoms with E-state index < -0.39 is 0 Å². The van der Waals surface area contributed by atoms with Gasteiger partial charge >= 0.3 is 45.1 Å². The monoisotopic (exact) mass is 275 g/mol. The molecule has 3 rings (SSSR count). The molecule has 0 atom stereocenters. The molecule has 0 bridgehead atoms. The summed E-state index contributed by atoms with van der Waals surface area (Å²) in [5.41, 5.74) is 2.55. The Morgan fingerprint density at radius 3 is 1.50 bits per heavy atom. The zero-order chi connectivity index (χ0) is 12.6. The fraction of sp³-hybridized carbons (Fsp3) is 0.0588. The van der Waals surface area contributed by atoms with Crippen molar-refractivity contribution in [1.82, 2.24) is 0 Å². The van der Waals surface area contributed by atoms with Crippen molar-refractivity contribution in [2.75, 3.05) is 0 Å². The molecule has 0 aliphatic heterocycles. The molecule has 0 unspecified atom stereocenters. The maximum atomic E-state index is 3.74. The molecule has 1 aliphatic rings. The Kier molecular flexibility index (Phi) is 5.01. The van der Waals surface area contributed by atoms with Crippen molar-refractivity contribution in [3.63, 3.8) is 0 Å². The van der Waals surface area contributed by atoms with Gasteiger partial charge in [-0.3, -0.25) is 0 Å². The third-order valence-corrected chi connectivity index (χ3v) is 3.01. The molecule has 1 aliphatic carbocycles. The SMILES string of the molecule is [Fe][C]1=CC=CC1.c1ccc(-c2ccccc2)cc1. The van der Waals surface area contributed by atoms with Gasteiger partial charge in [0, 0.05) is 0 Å². The molecule has 0 amide bonds. The van der Waals surface area contributed by atoms with E-state index >= 15 is 0 Å². The van der Waals surface area contributed by atoms with Gasteiger partial charge < -0.3 is 0 Å². The van der Waals surface area contributed by atoms with E-state index in [-0.39, 0.29) is 0 Å². The van der Waals surface area contributed by atoms with Crippen LogP contribution in [0.15, 0.2) is 83.4 Å². The standard InChI is InChI=1S/C12H10.C5H5.Fe/c1-3-7-11(8-4-1)12-9-5-2-6-10-12;1-2-4-5-3-1;/h1-10H;1-3H,4H2;. The Balaban J connectivity index is 0.000000169. The van der Waals surface area contributed by atoms with E-state index in [2.05, 4.69) is 70.6 Å². The molecule has 0 saturated heterocycles. The van der Waals surface area contributed by atoms with Crippen LogP contribution in [0.4, 0.5) is 0 Å². The summed E-state index contributed by atoms with van der Waals surface area (Å²) in [7, 11) is 0. The van der Waals surface area contributed by atoms with E-state index in [0.29, 0.717) is 0 Å². The van der Waals surface area contributed by atoms with Gasteiger partial charge in [-0.15, -0.1) is 0 Å². The average Bonchev–Trinajstić information content (AvgIpc) is 2.93. The molecular weight excluding hydrogens is 260 g/mol. The van der Waals surface area contributed by atoms with Crippen LogP contribution in [-0.4, -0.2) is 0 Å². The van der Waals surface area contributed by atoms with Gasteiger partial charge in [0.15, 0.2) is 0 Å². The Labute approximate surface area is 117 Å². The molecule has 0 nitrogen and oxygen atoms in total. The molecule has 0 N–H and O–H groups in total. The van der Waals surface area contributed by atoms with Crippen LogP contribution in [0.5, 0.6) is 0 Å². The molecule has 2 aromatic rings. The molecular formula is C17H15Fe. The molecule has 2 aromatic carbocycles. The van der Waals surface area contributed by atoms with Crippen LogP contribution in [-0.2, 0) is 16.0 Å². The van der Waals surface area contributed by atoms with Crippen molar-refractivity contribution in [3.8, 4) is 11.1 Å². The molecule has 0 saturated carbocycles. The summed E-state index contributed by atoms with van der Waals surface area (Å²) >= 11 is 3.74. The summed E-state index contributed by atoms with van der Waals surface area (Å²) < 4.78 is 1.22. The first-order chi connectivity index (χ1) is 8.86. The largest absolute Gasteiger partial charge is 0.0622 e. The van der Waals surface area contributed by atoms with E-state index in [0.717, 1.165) is 6.42 Å². The maximum Gasteiger partial charge on any atom is -0.0184 e. The van der Waals surface area contributed by atoms with Crippen molar-refractivity contribution in [3.05, 3.63) is 83.4 Å². The van der Waals surface area contributed by atoms with Crippen molar-refractivity contribution in [2.24, 2.45) is 0 Å². The van der Waals surface area contributed by atoms with Crippen molar-refractivity contribution < 1.29 is 16.0 Å². The summed E-state index contributed by atoms with van der Waals surface area (Å²) in [5.74, 6) is 0. The second-order valence-electron chi connectivity index (χ2n) is 3.96. The fourth-order valence-electron chi connectivity index (χ4n) is 1.68. The first-order valence-electron chi connectivity index (χ1n) is 5.97. The van der Waals surface area contributed by atoms with Crippen LogP contribution >= 0.6 is 0 Å². The Bertz CT molecular complexity index is 487. The Morgan fingerprint density at radius 2 is 1.22 bits per heavy atom. The van der Waals surface area contributed by atoms with Gasteiger partial charge in [0.25, 0.3) is 0 Å². The van der Waals surface area contributed by atoms with Gasteiger partial charge in [-0.1, -0.05) is 60.7 Å². The molecule has 0 fully saturated rings. The normalized spacial score (nSPS) is 12.6. The quantitative estimate of drug-likeness (QED) is 0.660. The van der Waals surface area contributed by atoms with E-state index in [4.69, 9.17) is 0 Å². The minimum atomic E-state index is 1.06. The molecule has 18 heavy (non-hydrogen) atoms. The van der Waals surface area contributed by atoms with E-state index in [1.165, 1.54) is 15.6 Å². The predicted molar refractivity (Wildman–Crippen MR) is 73.7 cm³/mol. The fourth-order valence-corrected chi connectivity index (χ4v) is 1.91. The van der Waals surface area contributed by atoms with Gasteiger partial charge in [-0.05, 0) is 11.1 Å². The van der Waals surface area contributed by atoms with Crippen molar-refractivity contribution in [2.45, 2.75) is 6.42 Å². The number of hydrogen-bond acceptors (Lipinski definition) is 0. The van der Waals surface area contributed by atoms with Crippen LogP contribution < -0.4 is 0 Å². The van der Waals surface area contributed by atoms with Crippen LogP contribution in [0.3, 0.4) is 0 Å². The van der Waals surface area contributed by atoms with Crippen LogP contribution in [0, 0.1) is 0 Å². The Morgan fingerprint density at radius 1 is 0.722 bits per heavy atom. The minimum absolute atomic E-state index is 1.06. The topological polar surface area (TPSA) is 0 Å². The third-order valence-electron chi connectivity index (χ3n) is 2.60. The predicted octanol–water partition coefficient (Wildman–Crippen LogP) is 4.73. The summed E-state index contributed by atoms with van der Waals surface area (Å²) in [6.07, 6.45) is 7.21. The summed E-state index contributed by atoms with van der Waals surface area (Å²) in [4.78, 5) is 0. The summed E-state index contributed by atoms with van der Waals surface area (Å²) in [5, 5.41) is 0. The van der Waals surface area contributed by atoms with Gasteiger partial charge in [-0.25, -0.2) is 0 Å². The molecule has 0 spiro atoms. The summed E-state index contributed by atoms with van der Waals surface area (Å²) in [6, 6.07) is 20.8. The van der Waals surface area contributed by atoms with Crippen molar-refractivity contribution >= 4 is 0 Å². The second kappa shape index (κ2) is 7.00. The first-order valence-corrected chi connectivity index (χ1v) is 6.52. The van der Waals surface area contributed by atoms with Gasteiger partial charge in [0.05, 0.1) is 0 Å². The average molecular weight is 275 g/mol. The van der Waals surface area contributed by atoms with Crippen molar-refractivity contribution in [1.29, 1.82) is 0 Å². The zero-order valence-electron chi connectivity index (χ0n) is 10.1. The van der Waals surface area contributed by atoms with Crippen LogP contribution in [0.1, 0.15) is 6.42 Å². The van der Waals surface area contributed by atoms with E-state index in [1.807, 2.05) is 24.3 Å². The summed E-state index contributed by atoms with van der Waals surface area (Å²) in [6.45, 7) is 0. The number of allylic oxidation sites excluding steroid dienone is 4. The Hall–Kier alpha value is -1.56. The zero-order valence-corrected chi connectivity index (χ0v) is 11.2. The molecule has 1 heteroatoms. The second-order valence-corrected chi connectivity index (χ2v) is 4.67. The number of rotatable bonds is 1.